The molecule has 1 aromatic rings. The molecule has 86 valence electrons. The smallest absolute Gasteiger partial charge is 0.0701 e. The highest BCUT2D eigenvalue weighted by atomic mass is 16.5. The summed E-state index contributed by atoms with van der Waals surface area (Å²) in [6.45, 7) is 2.40. The van der Waals surface area contributed by atoms with Crippen LogP contribution in [0.5, 0.6) is 0 Å². The Kier molecular flexibility index (Phi) is 3.97. The summed E-state index contributed by atoms with van der Waals surface area (Å²) in [7, 11) is 0. The van der Waals surface area contributed by atoms with Gasteiger partial charge in [-0.3, -0.25) is 0 Å². The molecule has 0 aromatic heterocycles. The molecule has 2 N–H and O–H groups in total. The Balaban J connectivity index is 1.96. The van der Waals surface area contributed by atoms with Crippen molar-refractivity contribution in [2.45, 2.75) is 13.0 Å². The van der Waals surface area contributed by atoms with Gasteiger partial charge in [-0.25, -0.2) is 0 Å². The van der Waals surface area contributed by atoms with Crippen LogP contribution in [0.4, 0.5) is 5.69 Å². The molecule has 0 bridgehead atoms. The van der Waals surface area contributed by atoms with Crippen molar-refractivity contribution >= 4 is 5.69 Å². The van der Waals surface area contributed by atoms with Crippen molar-refractivity contribution < 1.29 is 9.84 Å². The van der Waals surface area contributed by atoms with Gasteiger partial charge in [-0.1, -0.05) is 24.3 Å². The minimum atomic E-state index is 0.0682. The minimum Gasteiger partial charge on any atom is -0.392 e. The summed E-state index contributed by atoms with van der Waals surface area (Å²) in [5.74, 6) is 0. The lowest BCUT2D eigenvalue weighted by Crippen LogP contribution is -2.14. The Hall–Kier alpha value is -1.32. The van der Waals surface area contributed by atoms with Gasteiger partial charge in [0.25, 0.3) is 0 Å². The highest BCUT2D eigenvalue weighted by Gasteiger charge is 2.04. The van der Waals surface area contributed by atoms with Gasteiger partial charge in [-0.2, -0.15) is 0 Å². The molecular formula is C13H17NO2. The van der Waals surface area contributed by atoms with Crippen LogP contribution in [0.25, 0.3) is 0 Å². The third kappa shape index (κ3) is 2.84. The first kappa shape index (κ1) is 11.2. The van der Waals surface area contributed by atoms with Crippen molar-refractivity contribution in [1.82, 2.24) is 0 Å². The predicted octanol–water partition coefficient (Wildman–Crippen LogP) is 1.94. The number of hydrogen-bond acceptors (Lipinski definition) is 3. The van der Waals surface area contributed by atoms with E-state index in [9.17, 15) is 5.11 Å². The SMILES string of the molecule is OCc1ccccc1NCC1=CCCOC1. The van der Waals surface area contributed by atoms with E-state index >= 15 is 0 Å². The van der Waals surface area contributed by atoms with Crippen LogP contribution in [0.3, 0.4) is 0 Å². The zero-order valence-corrected chi connectivity index (χ0v) is 9.28. The normalized spacial score (nSPS) is 15.7. The molecule has 1 aliphatic heterocycles. The van der Waals surface area contributed by atoms with Crippen molar-refractivity contribution in [2.75, 3.05) is 25.1 Å². The molecule has 0 amide bonds. The molecule has 2 rings (SSSR count). The Morgan fingerprint density at radius 1 is 1.31 bits per heavy atom. The van der Waals surface area contributed by atoms with Gasteiger partial charge in [0.05, 0.1) is 19.8 Å². The van der Waals surface area contributed by atoms with Crippen molar-refractivity contribution in [2.24, 2.45) is 0 Å². The zero-order chi connectivity index (χ0) is 11.2. The largest absolute Gasteiger partial charge is 0.392 e. The van der Waals surface area contributed by atoms with Gasteiger partial charge >= 0.3 is 0 Å². The Morgan fingerprint density at radius 2 is 2.19 bits per heavy atom. The fourth-order valence-corrected chi connectivity index (χ4v) is 1.77. The van der Waals surface area contributed by atoms with Crippen LogP contribution in [-0.4, -0.2) is 24.9 Å². The highest BCUT2D eigenvalue weighted by molar-refractivity contribution is 5.51. The van der Waals surface area contributed by atoms with Crippen molar-refractivity contribution in [1.29, 1.82) is 0 Å². The molecule has 3 heteroatoms. The second-order valence-electron chi connectivity index (χ2n) is 3.87. The number of rotatable bonds is 4. The van der Waals surface area contributed by atoms with Crippen LogP contribution < -0.4 is 5.32 Å². The average Bonchev–Trinajstić information content (AvgIpc) is 2.38. The van der Waals surface area contributed by atoms with Gasteiger partial charge in [0.1, 0.15) is 0 Å². The van der Waals surface area contributed by atoms with Crippen LogP contribution in [0.1, 0.15) is 12.0 Å². The van der Waals surface area contributed by atoms with Gasteiger partial charge in [-0.05, 0) is 18.1 Å². The van der Waals surface area contributed by atoms with E-state index in [0.717, 1.165) is 30.8 Å². The van der Waals surface area contributed by atoms with Gasteiger partial charge in [-0.15, -0.1) is 0 Å². The first-order valence-electron chi connectivity index (χ1n) is 5.58. The molecule has 1 heterocycles. The van der Waals surface area contributed by atoms with Gasteiger partial charge in [0.15, 0.2) is 0 Å². The quantitative estimate of drug-likeness (QED) is 0.760. The molecule has 16 heavy (non-hydrogen) atoms. The molecule has 1 aromatic carbocycles. The van der Waals surface area contributed by atoms with E-state index in [1.165, 1.54) is 5.57 Å². The average molecular weight is 219 g/mol. The number of benzene rings is 1. The third-order valence-electron chi connectivity index (χ3n) is 2.68. The van der Waals surface area contributed by atoms with E-state index in [4.69, 9.17) is 4.74 Å². The van der Waals surface area contributed by atoms with Crippen molar-refractivity contribution in [3.05, 3.63) is 41.5 Å². The molecule has 3 nitrogen and oxygen atoms in total. The second-order valence-corrected chi connectivity index (χ2v) is 3.87. The number of ether oxygens (including phenoxy) is 1. The summed E-state index contributed by atoms with van der Waals surface area (Å²) >= 11 is 0. The molecule has 0 atom stereocenters. The summed E-state index contributed by atoms with van der Waals surface area (Å²) in [5, 5.41) is 12.5. The third-order valence-corrected chi connectivity index (χ3v) is 2.68. The maximum Gasteiger partial charge on any atom is 0.0701 e. The maximum atomic E-state index is 9.18. The minimum absolute atomic E-state index is 0.0682. The second kappa shape index (κ2) is 5.68. The zero-order valence-electron chi connectivity index (χ0n) is 9.28. The van der Waals surface area contributed by atoms with Crippen molar-refractivity contribution in [3.8, 4) is 0 Å². The van der Waals surface area contributed by atoms with Crippen LogP contribution in [0.15, 0.2) is 35.9 Å². The number of nitrogens with one attached hydrogen (secondary N) is 1. The molecule has 0 aliphatic carbocycles. The lowest BCUT2D eigenvalue weighted by atomic mass is 10.1. The molecule has 0 radical (unpaired) electrons. The molecule has 1 aliphatic rings. The van der Waals surface area contributed by atoms with Crippen LogP contribution in [0, 0.1) is 0 Å². The summed E-state index contributed by atoms with van der Waals surface area (Å²) in [4.78, 5) is 0. The number of hydrogen-bond donors (Lipinski definition) is 2. The standard InChI is InChI=1S/C13H17NO2/c15-9-12-5-1-2-6-13(12)14-8-11-4-3-7-16-10-11/h1-2,4-6,14-15H,3,7-10H2. The van der Waals surface area contributed by atoms with E-state index in [1.54, 1.807) is 0 Å². The Morgan fingerprint density at radius 3 is 2.94 bits per heavy atom. The van der Waals surface area contributed by atoms with Gasteiger partial charge in [0.2, 0.25) is 0 Å². The number of aliphatic hydroxyl groups is 1. The van der Waals surface area contributed by atoms with Gasteiger partial charge < -0.3 is 15.2 Å². The molecule has 0 saturated heterocycles. The van der Waals surface area contributed by atoms with Gasteiger partial charge in [0, 0.05) is 17.8 Å². The predicted molar refractivity (Wildman–Crippen MR) is 64.4 cm³/mol. The number of anilines is 1. The fraction of sp³-hybridized carbons (Fsp3) is 0.385. The topological polar surface area (TPSA) is 41.5 Å². The lowest BCUT2D eigenvalue weighted by Gasteiger charge is -2.16. The lowest BCUT2D eigenvalue weighted by molar-refractivity contribution is 0.150. The monoisotopic (exact) mass is 219 g/mol. The van der Waals surface area contributed by atoms with E-state index in [1.807, 2.05) is 24.3 Å². The maximum absolute atomic E-state index is 9.18. The molecule has 0 fully saturated rings. The Bertz CT molecular complexity index is 374. The summed E-state index contributed by atoms with van der Waals surface area (Å²) in [5.41, 5.74) is 3.20. The van der Waals surface area contributed by atoms with Crippen LogP contribution in [-0.2, 0) is 11.3 Å². The van der Waals surface area contributed by atoms with E-state index in [2.05, 4.69) is 11.4 Å². The highest BCUT2D eigenvalue weighted by Crippen LogP contribution is 2.15. The molecule has 0 spiro atoms. The van der Waals surface area contributed by atoms with Crippen LogP contribution in [0.2, 0.25) is 0 Å². The summed E-state index contributed by atoms with van der Waals surface area (Å²) in [6, 6.07) is 7.80. The molecule has 0 saturated carbocycles. The first-order valence-corrected chi connectivity index (χ1v) is 5.58. The van der Waals surface area contributed by atoms with E-state index < -0.39 is 0 Å². The van der Waals surface area contributed by atoms with Crippen molar-refractivity contribution in [3.63, 3.8) is 0 Å². The van der Waals surface area contributed by atoms with Crippen LogP contribution >= 0.6 is 0 Å². The van der Waals surface area contributed by atoms with E-state index in [-0.39, 0.29) is 6.61 Å². The number of aliphatic hydroxyl groups excluding tert-OH is 1. The fourth-order valence-electron chi connectivity index (χ4n) is 1.77. The van der Waals surface area contributed by atoms with E-state index in [0.29, 0.717) is 6.61 Å². The Labute approximate surface area is 95.7 Å². The molecular weight excluding hydrogens is 202 g/mol. The molecule has 0 unspecified atom stereocenters. The first-order chi connectivity index (χ1) is 7.90. The summed E-state index contributed by atoms with van der Waals surface area (Å²) in [6.07, 6.45) is 3.22. The summed E-state index contributed by atoms with van der Waals surface area (Å²) < 4.78 is 5.37. The number of para-hydroxylation sites is 1.